The molecule has 31 heavy (non-hydrogen) atoms. The van der Waals surface area contributed by atoms with Gasteiger partial charge in [-0.15, -0.1) is 0 Å². The number of para-hydroxylation sites is 1. The minimum absolute atomic E-state index is 0.291. The highest BCUT2D eigenvalue weighted by Gasteiger charge is 2.60. The predicted molar refractivity (Wildman–Crippen MR) is 124 cm³/mol. The average molecular weight is 441 g/mol. The summed E-state index contributed by atoms with van der Waals surface area (Å²) in [7, 11) is 0. The Balaban J connectivity index is 1.88. The smallest absolute Gasteiger partial charge is 0.317 e. The van der Waals surface area contributed by atoms with Gasteiger partial charge in [0.1, 0.15) is 5.92 Å². The van der Waals surface area contributed by atoms with Crippen LogP contribution in [0.1, 0.15) is 44.9 Å². The number of aryl methyl sites for hydroxylation is 1. The maximum Gasteiger partial charge on any atom is 0.317 e. The molecule has 1 saturated heterocycles. The lowest BCUT2D eigenvalue weighted by Gasteiger charge is -2.55. The van der Waals surface area contributed by atoms with Gasteiger partial charge in [-0.1, -0.05) is 31.2 Å². The van der Waals surface area contributed by atoms with Crippen LogP contribution in [0, 0.1) is 5.92 Å². The van der Waals surface area contributed by atoms with Crippen LogP contribution >= 0.6 is 12.2 Å². The molecule has 1 fully saturated rings. The number of carbonyl (C=O) groups is 1. The van der Waals surface area contributed by atoms with Gasteiger partial charge in [0.05, 0.1) is 19.3 Å². The van der Waals surface area contributed by atoms with Crippen LogP contribution in [0.5, 0.6) is 11.5 Å². The summed E-state index contributed by atoms with van der Waals surface area (Å²) < 4.78 is 17.9. The zero-order valence-corrected chi connectivity index (χ0v) is 19.1. The van der Waals surface area contributed by atoms with Crippen molar-refractivity contribution in [3.05, 3.63) is 53.6 Å². The number of thiocarbonyl (C=S) groups is 1. The zero-order chi connectivity index (χ0) is 22.2. The Morgan fingerprint density at radius 2 is 1.90 bits per heavy atom. The van der Waals surface area contributed by atoms with E-state index < -0.39 is 11.6 Å². The van der Waals surface area contributed by atoms with Gasteiger partial charge < -0.3 is 19.5 Å². The number of hydrogen-bond donors (Lipinski definition) is 1. The lowest BCUT2D eigenvalue weighted by atomic mass is 9.79. The van der Waals surface area contributed by atoms with Crippen LogP contribution in [0.25, 0.3) is 0 Å². The molecule has 0 unspecified atom stereocenters. The number of rotatable bonds is 6. The maximum atomic E-state index is 13.2. The molecular formula is C24H28N2O4S. The van der Waals surface area contributed by atoms with E-state index in [1.807, 2.05) is 49.1 Å². The normalized spacial score (nSPS) is 24.0. The molecule has 3 atom stereocenters. The van der Waals surface area contributed by atoms with E-state index in [0.717, 1.165) is 17.7 Å². The average Bonchev–Trinajstić information content (AvgIpc) is 2.74. The van der Waals surface area contributed by atoms with Crippen molar-refractivity contribution in [2.24, 2.45) is 5.92 Å². The van der Waals surface area contributed by atoms with E-state index in [9.17, 15) is 4.79 Å². The third-order valence-electron chi connectivity index (χ3n) is 5.93. The van der Waals surface area contributed by atoms with Crippen LogP contribution in [0.2, 0.25) is 0 Å². The second-order valence-corrected chi connectivity index (χ2v) is 8.16. The molecule has 0 aliphatic carbocycles. The summed E-state index contributed by atoms with van der Waals surface area (Å²) in [5.74, 6) is 0.319. The lowest BCUT2D eigenvalue weighted by Crippen LogP contribution is -2.71. The number of fused-ring (bicyclic) bond motifs is 4. The predicted octanol–water partition coefficient (Wildman–Crippen LogP) is 4.37. The fourth-order valence-electron chi connectivity index (χ4n) is 4.50. The molecule has 2 bridgehead atoms. The lowest BCUT2D eigenvalue weighted by molar-refractivity contribution is -0.159. The summed E-state index contributed by atoms with van der Waals surface area (Å²) >= 11 is 5.77. The van der Waals surface area contributed by atoms with Crippen molar-refractivity contribution in [1.29, 1.82) is 0 Å². The van der Waals surface area contributed by atoms with Crippen LogP contribution in [0.15, 0.2) is 42.5 Å². The summed E-state index contributed by atoms with van der Waals surface area (Å²) in [5, 5.41) is 3.89. The quantitative estimate of drug-likeness (QED) is 0.529. The van der Waals surface area contributed by atoms with E-state index in [4.69, 9.17) is 26.4 Å². The summed E-state index contributed by atoms with van der Waals surface area (Å²) in [4.78, 5) is 15.1. The number of esters is 1. The van der Waals surface area contributed by atoms with E-state index in [1.54, 1.807) is 6.92 Å². The zero-order valence-electron chi connectivity index (χ0n) is 18.3. The van der Waals surface area contributed by atoms with Gasteiger partial charge in [0.25, 0.3) is 0 Å². The monoisotopic (exact) mass is 440 g/mol. The number of benzene rings is 2. The van der Waals surface area contributed by atoms with Crippen molar-refractivity contribution in [2.75, 3.05) is 18.1 Å². The first-order chi connectivity index (χ1) is 14.9. The summed E-state index contributed by atoms with van der Waals surface area (Å²) in [5.41, 5.74) is 1.82. The second-order valence-electron chi connectivity index (χ2n) is 7.78. The molecule has 2 aromatic carbocycles. The summed E-state index contributed by atoms with van der Waals surface area (Å²) in [6.07, 6.45) is 0.940. The Morgan fingerprint density at radius 1 is 1.16 bits per heavy atom. The molecule has 164 valence electrons. The van der Waals surface area contributed by atoms with Crippen molar-refractivity contribution >= 4 is 29.0 Å². The Labute approximate surface area is 188 Å². The molecule has 0 spiro atoms. The fraction of sp³-hybridized carbons (Fsp3) is 0.417. The van der Waals surface area contributed by atoms with Crippen LogP contribution in [-0.2, 0) is 16.0 Å². The minimum atomic E-state index is -1.09. The highest BCUT2D eigenvalue weighted by Crippen LogP contribution is 2.52. The fourth-order valence-corrected chi connectivity index (χ4v) is 4.91. The van der Waals surface area contributed by atoms with Gasteiger partial charge in [0.15, 0.2) is 16.6 Å². The maximum absolute atomic E-state index is 13.2. The number of anilines is 1. The Kier molecular flexibility index (Phi) is 5.79. The molecule has 2 heterocycles. The Bertz CT molecular complexity index is 994. The van der Waals surface area contributed by atoms with Gasteiger partial charge in [-0.2, -0.15) is 0 Å². The van der Waals surface area contributed by atoms with E-state index >= 15 is 0 Å². The first-order valence-corrected chi connectivity index (χ1v) is 11.2. The molecule has 2 aliphatic rings. The van der Waals surface area contributed by atoms with Crippen molar-refractivity contribution in [3.8, 4) is 11.5 Å². The van der Waals surface area contributed by atoms with E-state index in [1.165, 1.54) is 5.56 Å². The number of carbonyl (C=O) groups excluding carboxylic acids is 1. The third kappa shape index (κ3) is 3.51. The van der Waals surface area contributed by atoms with Crippen LogP contribution in [0.3, 0.4) is 0 Å². The van der Waals surface area contributed by atoms with Gasteiger partial charge in [-0.25, -0.2) is 0 Å². The Hall–Kier alpha value is -2.80. The van der Waals surface area contributed by atoms with E-state index in [2.05, 4.69) is 24.4 Å². The molecule has 2 aromatic rings. The van der Waals surface area contributed by atoms with Gasteiger partial charge in [0.2, 0.25) is 5.72 Å². The van der Waals surface area contributed by atoms with Crippen LogP contribution in [0.4, 0.5) is 5.69 Å². The standard InChI is InChI=1S/C24H28N2O4S/c1-5-15-11-13-16(14-12-15)26-23(31)25-20-17-9-8-10-18(28-6-2)21(17)30-24(26,4)19(20)22(27)29-7-3/h8-14,19-20H,5-7H2,1-4H3,(H,25,31)/t19-,20+,24+/m1/s1. The molecule has 2 aliphatic heterocycles. The van der Waals surface area contributed by atoms with Crippen LogP contribution < -0.4 is 19.7 Å². The second kappa shape index (κ2) is 8.38. The largest absolute Gasteiger partial charge is 0.490 e. The first-order valence-electron chi connectivity index (χ1n) is 10.8. The third-order valence-corrected chi connectivity index (χ3v) is 6.23. The topological polar surface area (TPSA) is 60.0 Å². The highest BCUT2D eigenvalue weighted by atomic mass is 32.1. The summed E-state index contributed by atoms with van der Waals surface area (Å²) in [6.45, 7) is 8.55. The highest BCUT2D eigenvalue weighted by molar-refractivity contribution is 7.80. The van der Waals surface area contributed by atoms with E-state index in [-0.39, 0.29) is 12.0 Å². The number of nitrogens with zero attached hydrogens (tertiary/aromatic N) is 1. The van der Waals surface area contributed by atoms with Crippen molar-refractivity contribution in [2.45, 2.75) is 45.9 Å². The summed E-state index contributed by atoms with van der Waals surface area (Å²) in [6, 6.07) is 13.5. The Morgan fingerprint density at radius 3 is 2.55 bits per heavy atom. The first kappa shape index (κ1) is 21.4. The molecule has 0 aromatic heterocycles. The number of ether oxygens (including phenoxy) is 3. The SMILES string of the molecule is CCOC(=O)[C@H]1[C@H]2NC(=S)N(c3ccc(CC)cc3)[C@@]1(C)Oc1c(OCC)cccc12. The molecule has 1 N–H and O–H groups in total. The van der Waals surface area contributed by atoms with Gasteiger partial charge in [-0.3, -0.25) is 9.69 Å². The van der Waals surface area contributed by atoms with Crippen LogP contribution in [-0.4, -0.2) is 30.0 Å². The van der Waals surface area contributed by atoms with E-state index in [0.29, 0.717) is 29.8 Å². The van der Waals surface area contributed by atoms with Crippen molar-refractivity contribution in [3.63, 3.8) is 0 Å². The minimum Gasteiger partial charge on any atom is -0.490 e. The molecular weight excluding hydrogens is 412 g/mol. The van der Waals surface area contributed by atoms with Gasteiger partial charge >= 0.3 is 5.97 Å². The van der Waals surface area contributed by atoms with Crippen molar-refractivity contribution < 1.29 is 19.0 Å². The number of nitrogens with one attached hydrogen (secondary N) is 1. The van der Waals surface area contributed by atoms with Crippen molar-refractivity contribution in [1.82, 2.24) is 5.32 Å². The molecule has 0 saturated carbocycles. The molecule has 0 radical (unpaired) electrons. The molecule has 4 rings (SSSR count). The van der Waals surface area contributed by atoms with Gasteiger partial charge in [0, 0.05) is 11.3 Å². The molecule has 6 nitrogen and oxygen atoms in total. The molecule has 0 amide bonds. The van der Waals surface area contributed by atoms with Gasteiger partial charge in [-0.05, 0) is 63.2 Å². The molecule has 7 heteroatoms. The number of hydrogen-bond acceptors (Lipinski definition) is 5.